The molecule has 0 atom stereocenters. The van der Waals surface area contributed by atoms with Crippen molar-refractivity contribution in [3.8, 4) is 55.6 Å². The van der Waals surface area contributed by atoms with Crippen molar-refractivity contribution in [1.29, 1.82) is 0 Å². The first kappa shape index (κ1) is 41.9. The van der Waals surface area contributed by atoms with Gasteiger partial charge in [0.2, 0.25) is 0 Å². The predicted molar refractivity (Wildman–Crippen MR) is 289 cm³/mol. The molecule has 2 heteroatoms. The molecule has 2 nitrogen and oxygen atoms in total. The summed E-state index contributed by atoms with van der Waals surface area (Å²) in [7, 11) is 0. The monoisotopic (exact) mass is 870 g/mol. The van der Waals surface area contributed by atoms with E-state index < -0.39 is 0 Å². The fraction of sp³-hybridized carbons (Fsp3) is 0.0303. The average molecular weight is 871 g/mol. The lowest BCUT2D eigenvalue weighted by molar-refractivity contribution is 0.930. The van der Waals surface area contributed by atoms with Crippen molar-refractivity contribution in [2.45, 2.75) is 12.8 Å². The number of hydrogen-bond acceptors (Lipinski definition) is 2. The van der Waals surface area contributed by atoms with Crippen LogP contribution >= 0.6 is 0 Å². The maximum atomic E-state index is 2.44. The Balaban J connectivity index is 0.938. The van der Waals surface area contributed by atoms with Crippen LogP contribution in [0.15, 0.2) is 285 Å². The van der Waals surface area contributed by atoms with E-state index in [1.54, 1.807) is 0 Å². The van der Waals surface area contributed by atoms with Crippen LogP contribution in [0.1, 0.15) is 18.4 Å². The molecule has 0 aromatic heterocycles. The van der Waals surface area contributed by atoms with E-state index in [4.69, 9.17) is 0 Å². The van der Waals surface area contributed by atoms with Gasteiger partial charge in [-0.1, -0.05) is 212 Å². The first-order chi connectivity index (χ1) is 33.7. The molecule has 0 saturated carbocycles. The number of para-hydroxylation sites is 2. The molecule has 0 unspecified atom stereocenters. The summed E-state index contributed by atoms with van der Waals surface area (Å²) in [6.07, 6.45) is 6.50. The number of hydrogen-bond donors (Lipinski definition) is 0. The minimum absolute atomic E-state index is 0.898. The lowest BCUT2D eigenvalue weighted by Crippen LogP contribution is -2.18. The zero-order valence-corrected chi connectivity index (χ0v) is 37.9. The third-order valence-electron chi connectivity index (χ3n) is 13.0. The van der Waals surface area contributed by atoms with Gasteiger partial charge in [0.1, 0.15) is 0 Å². The number of nitrogens with zero attached hydrogens (tertiary/aromatic N) is 2. The quantitative estimate of drug-likeness (QED) is 0.121. The van der Waals surface area contributed by atoms with Crippen LogP contribution in [-0.4, -0.2) is 0 Å². The van der Waals surface area contributed by atoms with Crippen LogP contribution in [0.4, 0.5) is 28.4 Å². The van der Waals surface area contributed by atoms with Gasteiger partial charge in [0.05, 0.1) is 0 Å². The van der Waals surface area contributed by atoms with Crippen molar-refractivity contribution in [3.05, 3.63) is 290 Å². The summed E-state index contributed by atoms with van der Waals surface area (Å²) in [4.78, 5) is 4.80. The van der Waals surface area contributed by atoms with Crippen LogP contribution in [0.2, 0.25) is 0 Å². The second-order valence-electron chi connectivity index (χ2n) is 17.2. The smallest absolute Gasteiger partial charge is 0.0468 e. The van der Waals surface area contributed by atoms with E-state index in [1.165, 1.54) is 72.5 Å². The zero-order valence-electron chi connectivity index (χ0n) is 37.9. The van der Waals surface area contributed by atoms with E-state index in [9.17, 15) is 0 Å². The van der Waals surface area contributed by atoms with Gasteiger partial charge in [-0.05, 0) is 146 Å². The summed E-state index contributed by atoms with van der Waals surface area (Å²) < 4.78 is 0. The maximum absolute atomic E-state index is 2.44. The Bertz CT molecular complexity index is 3340. The number of benzene rings is 10. The number of anilines is 5. The first-order valence-electron chi connectivity index (χ1n) is 23.5. The van der Waals surface area contributed by atoms with Gasteiger partial charge in [0.15, 0.2) is 0 Å². The van der Waals surface area contributed by atoms with Crippen molar-refractivity contribution in [2.24, 2.45) is 0 Å². The van der Waals surface area contributed by atoms with E-state index in [1.807, 2.05) is 0 Å². The van der Waals surface area contributed by atoms with Crippen molar-refractivity contribution >= 4 is 34.0 Å². The number of allylic oxidation sites excluding steroid dienone is 4. The van der Waals surface area contributed by atoms with E-state index in [-0.39, 0.29) is 0 Å². The Morgan fingerprint density at radius 1 is 0.221 bits per heavy atom. The molecule has 0 radical (unpaired) electrons. The van der Waals surface area contributed by atoms with E-state index in [2.05, 4.69) is 289 Å². The Kier molecular flexibility index (Phi) is 12.0. The average Bonchev–Trinajstić information content (AvgIpc) is 3.43. The summed E-state index contributed by atoms with van der Waals surface area (Å²) in [6.45, 7) is 0. The Hall–Kier alpha value is -8.72. The molecule has 0 bridgehead atoms. The minimum Gasteiger partial charge on any atom is -0.314 e. The molecule has 10 aromatic carbocycles. The molecule has 0 spiro atoms. The topological polar surface area (TPSA) is 6.48 Å². The molecule has 10 aromatic rings. The molecular formula is C66H50N2. The molecule has 0 amide bonds. The SMILES string of the molecule is C1=C(c2ccccc2-c2ccc(N(c3ccccc3)c3ccc(-c4ccccc4)c(-c4ccccc4)c3)cc2)CCC(N(c2ccccc2)c2ccc(-c3ccccc3)c(-c3ccccc3)c2)=C1. The van der Waals surface area contributed by atoms with Gasteiger partial charge in [0.25, 0.3) is 0 Å². The van der Waals surface area contributed by atoms with Crippen LogP contribution in [0.25, 0.3) is 61.2 Å². The fourth-order valence-corrected chi connectivity index (χ4v) is 9.72. The lowest BCUT2D eigenvalue weighted by Gasteiger charge is -2.31. The van der Waals surface area contributed by atoms with Gasteiger partial charge in [0, 0.05) is 34.1 Å². The van der Waals surface area contributed by atoms with Crippen molar-refractivity contribution in [2.75, 3.05) is 9.80 Å². The van der Waals surface area contributed by atoms with Crippen molar-refractivity contribution < 1.29 is 0 Å². The van der Waals surface area contributed by atoms with Gasteiger partial charge in [-0.3, -0.25) is 0 Å². The highest BCUT2D eigenvalue weighted by molar-refractivity contribution is 5.91. The molecule has 0 saturated heterocycles. The fourth-order valence-electron chi connectivity index (χ4n) is 9.72. The predicted octanol–water partition coefficient (Wildman–Crippen LogP) is 18.4. The van der Waals surface area contributed by atoms with Crippen molar-refractivity contribution in [1.82, 2.24) is 0 Å². The summed E-state index contributed by atoms with van der Waals surface area (Å²) in [5, 5.41) is 0. The highest BCUT2D eigenvalue weighted by Gasteiger charge is 2.22. The molecule has 68 heavy (non-hydrogen) atoms. The van der Waals surface area contributed by atoms with Crippen molar-refractivity contribution in [3.63, 3.8) is 0 Å². The second-order valence-corrected chi connectivity index (χ2v) is 17.2. The molecule has 0 heterocycles. The Morgan fingerprint density at radius 2 is 0.559 bits per heavy atom. The highest BCUT2D eigenvalue weighted by atomic mass is 15.2. The normalized spacial score (nSPS) is 12.2. The molecule has 0 N–H and O–H groups in total. The zero-order chi connectivity index (χ0) is 45.5. The summed E-state index contributed by atoms with van der Waals surface area (Å²) in [6, 6.07) is 96.2. The Morgan fingerprint density at radius 3 is 1.01 bits per heavy atom. The largest absolute Gasteiger partial charge is 0.314 e. The third-order valence-corrected chi connectivity index (χ3v) is 13.0. The maximum Gasteiger partial charge on any atom is 0.0468 e. The van der Waals surface area contributed by atoms with Gasteiger partial charge in [-0.15, -0.1) is 0 Å². The van der Waals surface area contributed by atoms with Gasteiger partial charge in [-0.2, -0.15) is 0 Å². The molecular weight excluding hydrogens is 821 g/mol. The van der Waals surface area contributed by atoms with Gasteiger partial charge < -0.3 is 9.80 Å². The third kappa shape index (κ3) is 8.72. The van der Waals surface area contributed by atoms with Crippen LogP contribution < -0.4 is 9.80 Å². The molecule has 0 fully saturated rings. The highest BCUT2D eigenvalue weighted by Crippen LogP contribution is 2.44. The summed E-state index contributed by atoms with van der Waals surface area (Å²) >= 11 is 0. The van der Waals surface area contributed by atoms with E-state index >= 15 is 0 Å². The molecule has 0 aliphatic heterocycles. The minimum atomic E-state index is 0.898. The van der Waals surface area contributed by atoms with Crippen LogP contribution in [0.3, 0.4) is 0 Å². The standard InChI is InChI=1S/C66H50N2/c1-7-21-49(22-8-1)63-45-43-59(47-65(63)51-25-11-3-12-26-51)67(55-29-15-5-16-30-55)57-39-35-53(36-40-57)61-33-19-20-34-62(61)54-37-41-58(42-38-54)68(56-31-17-6-18-32-56)60-44-46-64(50-23-9-2-10-24-50)66(48-60)52-27-13-4-14-28-52/h1-37,39-41,43-48H,38,42H2. The molecule has 324 valence electrons. The van der Waals surface area contributed by atoms with Crippen LogP contribution in [0, 0.1) is 0 Å². The van der Waals surface area contributed by atoms with Gasteiger partial charge >= 0.3 is 0 Å². The lowest BCUT2D eigenvalue weighted by atomic mass is 9.89. The Labute approximate surface area is 400 Å². The molecule has 11 rings (SSSR count). The second kappa shape index (κ2) is 19.4. The number of rotatable bonds is 12. The van der Waals surface area contributed by atoms with Crippen LogP contribution in [0.5, 0.6) is 0 Å². The van der Waals surface area contributed by atoms with E-state index in [0.29, 0.717) is 0 Å². The summed E-state index contributed by atoms with van der Waals surface area (Å²) in [5.74, 6) is 0. The van der Waals surface area contributed by atoms with E-state index in [0.717, 1.165) is 41.3 Å². The van der Waals surface area contributed by atoms with Crippen LogP contribution in [-0.2, 0) is 0 Å². The molecule has 1 aliphatic carbocycles. The van der Waals surface area contributed by atoms with Gasteiger partial charge in [-0.25, -0.2) is 0 Å². The summed E-state index contributed by atoms with van der Waals surface area (Å²) in [5.41, 5.74) is 21.5. The molecule has 1 aliphatic rings. The first-order valence-corrected chi connectivity index (χ1v) is 23.5.